The minimum absolute atomic E-state index is 0.00635. The number of hydrogen-bond acceptors (Lipinski definition) is 4. The molecule has 0 N–H and O–H groups in total. The summed E-state index contributed by atoms with van der Waals surface area (Å²) in [5.41, 5.74) is -0.508. The van der Waals surface area contributed by atoms with E-state index < -0.39 is 16.6 Å². The summed E-state index contributed by atoms with van der Waals surface area (Å²) in [6.45, 7) is -0.258. The summed E-state index contributed by atoms with van der Waals surface area (Å²) in [4.78, 5) is 9.99. The van der Waals surface area contributed by atoms with E-state index in [-0.39, 0.29) is 29.2 Å². The molecular formula is C14H8F2N2O3. The van der Waals surface area contributed by atoms with Gasteiger partial charge in [-0.05, 0) is 24.3 Å². The molecule has 106 valence electrons. The van der Waals surface area contributed by atoms with Gasteiger partial charge in [0, 0.05) is 17.7 Å². The molecule has 0 aromatic heterocycles. The standard InChI is InChI=1S/C14H8F2N2O3/c15-11-1-3-13(16)10(5-11)8-21-12-2-4-14(18(19)20)9(6-12)7-17/h1-6H,8H2. The highest BCUT2D eigenvalue weighted by atomic mass is 19.1. The van der Waals surface area contributed by atoms with Gasteiger partial charge in [-0.15, -0.1) is 0 Å². The van der Waals surface area contributed by atoms with E-state index in [4.69, 9.17) is 10.00 Å². The molecule has 0 unspecified atom stereocenters. The van der Waals surface area contributed by atoms with E-state index in [0.29, 0.717) is 0 Å². The molecule has 2 aromatic rings. The number of hydrogen-bond donors (Lipinski definition) is 0. The maximum absolute atomic E-state index is 13.4. The van der Waals surface area contributed by atoms with Gasteiger partial charge in [-0.3, -0.25) is 10.1 Å². The van der Waals surface area contributed by atoms with Crippen LogP contribution in [-0.4, -0.2) is 4.92 Å². The van der Waals surface area contributed by atoms with Crippen molar-refractivity contribution in [3.8, 4) is 11.8 Å². The fourth-order valence-electron chi connectivity index (χ4n) is 1.67. The zero-order chi connectivity index (χ0) is 15.4. The van der Waals surface area contributed by atoms with E-state index >= 15 is 0 Å². The third-order valence-corrected chi connectivity index (χ3v) is 2.69. The molecule has 0 spiro atoms. The average molecular weight is 290 g/mol. The number of nitrogens with zero attached hydrogens (tertiary/aromatic N) is 2. The Bertz CT molecular complexity index is 741. The van der Waals surface area contributed by atoms with Gasteiger partial charge in [0.15, 0.2) is 0 Å². The molecule has 2 rings (SSSR count). The fourth-order valence-corrected chi connectivity index (χ4v) is 1.67. The van der Waals surface area contributed by atoms with Crippen molar-refractivity contribution >= 4 is 5.69 Å². The van der Waals surface area contributed by atoms with Crippen LogP contribution in [0, 0.1) is 33.1 Å². The van der Waals surface area contributed by atoms with E-state index in [1.165, 1.54) is 12.1 Å². The second kappa shape index (κ2) is 5.96. The molecule has 0 aliphatic carbocycles. The Morgan fingerprint density at radius 3 is 2.67 bits per heavy atom. The number of ether oxygens (including phenoxy) is 1. The van der Waals surface area contributed by atoms with Gasteiger partial charge in [-0.25, -0.2) is 8.78 Å². The highest BCUT2D eigenvalue weighted by Crippen LogP contribution is 2.24. The van der Waals surface area contributed by atoms with E-state index in [9.17, 15) is 18.9 Å². The van der Waals surface area contributed by atoms with Crippen molar-refractivity contribution in [1.82, 2.24) is 0 Å². The van der Waals surface area contributed by atoms with Crippen molar-refractivity contribution in [1.29, 1.82) is 5.26 Å². The zero-order valence-corrected chi connectivity index (χ0v) is 10.5. The maximum atomic E-state index is 13.4. The van der Waals surface area contributed by atoms with Crippen molar-refractivity contribution in [2.24, 2.45) is 0 Å². The summed E-state index contributed by atoms with van der Waals surface area (Å²) in [5.74, 6) is -1.07. The van der Waals surface area contributed by atoms with Crippen LogP contribution >= 0.6 is 0 Å². The Labute approximate surface area is 118 Å². The molecule has 0 heterocycles. The lowest BCUT2D eigenvalue weighted by Gasteiger charge is -2.07. The van der Waals surface area contributed by atoms with E-state index in [0.717, 1.165) is 24.3 Å². The monoisotopic (exact) mass is 290 g/mol. The summed E-state index contributed by atoms with van der Waals surface area (Å²) in [7, 11) is 0. The molecule has 0 saturated heterocycles. The van der Waals surface area contributed by atoms with Crippen LogP contribution in [0.5, 0.6) is 5.75 Å². The smallest absolute Gasteiger partial charge is 0.287 e. The average Bonchev–Trinajstić information content (AvgIpc) is 2.47. The molecule has 21 heavy (non-hydrogen) atoms. The predicted octanol–water partition coefficient (Wildman–Crippen LogP) is 3.32. The quantitative estimate of drug-likeness (QED) is 0.639. The van der Waals surface area contributed by atoms with Crippen LogP contribution in [0.4, 0.5) is 14.5 Å². The van der Waals surface area contributed by atoms with Crippen LogP contribution in [-0.2, 0) is 6.61 Å². The van der Waals surface area contributed by atoms with Crippen LogP contribution in [0.15, 0.2) is 36.4 Å². The van der Waals surface area contributed by atoms with Crippen molar-refractivity contribution in [3.63, 3.8) is 0 Å². The summed E-state index contributed by atoms with van der Waals surface area (Å²) in [6, 6.07) is 8.22. The normalized spacial score (nSPS) is 9.95. The lowest BCUT2D eigenvalue weighted by atomic mass is 10.2. The van der Waals surface area contributed by atoms with E-state index in [2.05, 4.69) is 0 Å². The van der Waals surface area contributed by atoms with Gasteiger partial charge in [-0.2, -0.15) is 5.26 Å². The van der Waals surface area contributed by atoms with Crippen molar-refractivity contribution < 1.29 is 18.4 Å². The van der Waals surface area contributed by atoms with E-state index in [1.54, 1.807) is 6.07 Å². The Morgan fingerprint density at radius 2 is 2.00 bits per heavy atom. The lowest BCUT2D eigenvalue weighted by Crippen LogP contribution is -2.00. The molecule has 0 amide bonds. The highest BCUT2D eigenvalue weighted by molar-refractivity contribution is 5.52. The third kappa shape index (κ3) is 3.30. The molecule has 0 aliphatic heterocycles. The third-order valence-electron chi connectivity index (χ3n) is 2.69. The molecule has 0 fully saturated rings. The van der Waals surface area contributed by atoms with Crippen LogP contribution in [0.1, 0.15) is 11.1 Å². The van der Waals surface area contributed by atoms with Crippen LogP contribution < -0.4 is 4.74 Å². The van der Waals surface area contributed by atoms with Gasteiger partial charge in [0.05, 0.1) is 4.92 Å². The Kier molecular flexibility index (Phi) is 4.09. The number of rotatable bonds is 4. The van der Waals surface area contributed by atoms with Gasteiger partial charge >= 0.3 is 0 Å². The van der Waals surface area contributed by atoms with Crippen molar-refractivity contribution in [2.45, 2.75) is 6.61 Å². The van der Waals surface area contributed by atoms with Crippen molar-refractivity contribution in [3.05, 3.63) is 69.3 Å². The molecular weight excluding hydrogens is 282 g/mol. The Balaban J connectivity index is 2.19. The minimum Gasteiger partial charge on any atom is -0.489 e. The molecule has 0 aliphatic rings. The summed E-state index contributed by atoms with van der Waals surface area (Å²) in [6.07, 6.45) is 0. The molecule has 0 bridgehead atoms. The van der Waals surface area contributed by atoms with E-state index in [1.807, 2.05) is 0 Å². The zero-order valence-electron chi connectivity index (χ0n) is 10.5. The first-order valence-electron chi connectivity index (χ1n) is 5.76. The summed E-state index contributed by atoms with van der Waals surface area (Å²) >= 11 is 0. The van der Waals surface area contributed by atoms with Gasteiger partial charge in [0.2, 0.25) is 0 Å². The Morgan fingerprint density at radius 1 is 1.24 bits per heavy atom. The van der Waals surface area contributed by atoms with Gasteiger partial charge in [-0.1, -0.05) is 0 Å². The first-order valence-corrected chi connectivity index (χ1v) is 5.76. The van der Waals surface area contributed by atoms with Crippen LogP contribution in [0.25, 0.3) is 0 Å². The maximum Gasteiger partial charge on any atom is 0.287 e. The number of benzene rings is 2. The summed E-state index contributed by atoms with van der Waals surface area (Å²) in [5, 5.41) is 19.5. The molecule has 5 nitrogen and oxygen atoms in total. The second-order valence-corrected chi connectivity index (χ2v) is 4.07. The number of nitriles is 1. The van der Waals surface area contributed by atoms with Gasteiger partial charge < -0.3 is 4.74 Å². The largest absolute Gasteiger partial charge is 0.489 e. The highest BCUT2D eigenvalue weighted by Gasteiger charge is 2.14. The summed E-state index contributed by atoms with van der Waals surface area (Å²) < 4.78 is 31.6. The van der Waals surface area contributed by atoms with Gasteiger partial charge in [0.1, 0.15) is 35.6 Å². The molecule has 0 radical (unpaired) electrons. The molecule has 0 atom stereocenters. The van der Waals surface area contributed by atoms with Crippen molar-refractivity contribution in [2.75, 3.05) is 0 Å². The predicted molar refractivity (Wildman–Crippen MR) is 68.5 cm³/mol. The Hall–Kier alpha value is -3.01. The first-order chi connectivity index (χ1) is 10.0. The van der Waals surface area contributed by atoms with Crippen LogP contribution in [0.2, 0.25) is 0 Å². The van der Waals surface area contributed by atoms with Crippen LogP contribution in [0.3, 0.4) is 0 Å². The number of nitro benzene ring substituents is 1. The molecule has 7 heteroatoms. The number of nitro groups is 1. The first kappa shape index (κ1) is 14.4. The second-order valence-electron chi connectivity index (χ2n) is 4.07. The lowest BCUT2D eigenvalue weighted by molar-refractivity contribution is -0.385. The molecule has 0 saturated carbocycles. The molecule has 2 aromatic carbocycles. The minimum atomic E-state index is -0.686. The number of halogens is 2. The topological polar surface area (TPSA) is 76.2 Å². The van der Waals surface area contributed by atoms with Gasteiger partial charge in [0.25, 0.3) is 5.69 Å². The SMILES string of the molecule is N#Cc1cc(OCc2cc(F)ccc2F)ccc1[N+](=O)[O-]. The fraction of sp³-hybridized carbons (Fsp3) is 0.0714.